The Balaban J connectivity index is 2.16. The van der Waals surface area contributed by atoms with Crippen LogP contribution >= 0.6 is 0 Å². The summed E-state index contributed by atoms with van der Waals surface area (Å²) in [5, 5.41) is 17.2. The van der Waals surface area contributed by atoms with Gasteiger partial charge in [-0.15, -0.1) is 5.10 Å². The van der Waals surface area contributed by atoms with Crippen LogP contribution < -0.4 is 4.74 Å². The van der Waals surface area contributed by atoms with Gasteiger partial charge in [0.1, 0.15) is 28.8 Å². The number of hydrogen-bond donors (Lipinski definition) is 1. The zero-order valence-corrected chi connectivity index (χ0v) is 12.2. The third kappa shape index (κ3) is 2.91. The monoisotopic (exact) mass is 317 g/mol. The summed E-state index contributed by atoms with van der Waals surface area (Å²) in [7, 11) is 1.55. The highest BCUT2D eigenvalue weighted by Crippen LogP contribution is 2.27. The Morgan fingerprint density at radius 3 is 2.30 bits per heavy atom. The van der Waals surface area contributed by atoms with Gasteiger partial charge in [0.25, 0.3) is 0 Å². The highest BCUT2D eigenvalue weighted by Gasteiger charge is 2.17. The number of hydrogen-bond acceptors (Lipinski definition) is 4. The quantitative estimate of drug-likeness (QED) is 0.804. The summed E-state index contributed by atoms with van der Waals surface area (Å²) in [5.74, 6) is -0.779. The Bertz CT molecular complexity index is 812. The van der Waals surface area contributed by atoms with E-state index in [0.717, 1.165) is 18.2 Å². The molecule has 2 aromatic carbocycles. The van der Waals surface area contributed by atoms with Crippen molar-refractivity contribution < 1.29 is 18.6 Å². The van der Waals surface area contributed by atoms with Crippen molar-refractivity contribution >= 4 is 0 Å². The van der Waals surface area contributed by atoms with Crippen LogP contribution in [0.25, 0.3) is 16.9 Å². The van der Waals surface area contributed by atoms with Crippen LogP contribution in [-0.4, -0.2) is 27.2 Å². The molecular formula is C16H13F2N3O2. The molecule has 3 aromatic rings. The van der Waals surface area contributed by atoms with E-state index in [9.17, 15) is 13.9 Å². The Kier molecular flexibility index (Phi) is 4.03. The van der Waals surface area contributed by atoms with Crippen LogP contribution in [0.3, 0.4) is 0 Å². The van der Waals surface area contributed by atoms with Gasteiger partial charge in [0, 0.05) is 11.6 Å². The van der Waals surface area contributed by atoms with Crippen molar-refractivity contribution in [2.45, 2.75) is 6.61 Å². The second-order valence-electron chi connectivity index (χ2n) is 4.81. The molecule has 7 heteroatoms. The highest BCUT2D eigenvalue weighted by atomic mass is 19.1. The van der Waals surface area contributed by atoms with E-state index in [1.54, 1.807) is 31.4 Å². The molecule has 23 heavy (non-hydrogen) atoms. The van der Waals surface area contributed by atoms with Crippen LogP contribution in [0.1, 0.15) is 5.69 Å². The molecule has 0 bridgehead atoms. The molecule has 1 N–H and O–H groups in total. The van der Waals surface area contributed by atoms with E-state index in [0.29, 0.717) is 22.7 Å². The van der Waals surface area contributed by atoms with Gasteiger partial charge in [0.15, 0.2) is 0 Å². The third-order valence-corrected chi connectivity index (χ3v) is 3.35. The Morgan fingerprint density at radius 1 is 1.09 bits per heavy atom. The molecule has 0 spiro atoms. The summed E-state index contributed by atoms with van der Waals surface area (Å²) in [4.78, 5) is 0. The van der Waals surface area contributed by atoms with Crippen LogP contribution in [-0.2, 0) is 6.61 Å². The molecule has 0 aliphatic carbocycles. The number of aromatic nitrogens is 3. The summed E-state index contributed by atoms with van der Waals surface area (Å²) in [6, 6.07) is 10.0. The maximum absolute atomic E-state index is 13.5. The van der Waals surface area contributed by atoms with E-state index in [2.05, 4.69) is 10.3 Å². The van der Waals surface area contributed by atoms with Gasteiger partial charge in [-0.25, -0.2) is 13.5 Å². The number of aliphatic hydroxyl groups is 1. The fraction of sp³-hybridized carbons (Fsp3) is 0.125. The van der Waals surface area contributed by atoms with E-state index in [-0.39, 0.29) is 12.3 Å². The Hall–Kier alpha value is -2.80. The molecule has 0 amide bonds. The molecule has 5 nitrogen and oxygen atoms in total. The van der Waals surface area contributed by atoms with Crippen LogP contribution in [0, 0.1) is 11.6 Å². The smallest absolute Gasteiger partial charge is 0.128 e. The number of ether oxygens (including phenoxy) is 1. The van der Waals surface area contributed by atoms with Crippen molar-refractivity contribution in [2.75, 3.05) is 7.11 Å². The number of aliphatic hydroxyl groups excluding tert-OH is 1. The Labute approximate surface area is 130 Å². The lowest BCUT2D eigenvalue weighted by molar-refractivity contribution is 0.277. The minimum Gasteiger partial charge on any atom is -0.497 e. The van der Waals surface area contributed by atoms with Crippen molar-refractivity contribution in [2.24, 2.45) is 0 Å². The zero-order valence-electron chi connectivity index (χ0n) is 12.2. The summed E-state index contributed by atoms with van der Waals surface area (Å²) < 4.78 is 33.3. The fourth-order valence-electron chi connectivity index (χ4n) is 2.30. The maximum Gasteiger partial charge on any atom is 0.128 e. The molecule has 0 saturated heterocycles. The van der Waals surface area contributed by atoms with Crippen molar-refractivity contribution in [3.05, 3.63) is 59.8 Å². The van der Waals surface area contributed by atoms with Crippen LogP contribution in [0.5, 0.6) is 5.75 Å². The second kappa shape index (κ2) is 6.13. The molecule has 0 aliphatic heterocycles. The van der Waals surface area contributed by atoms with Gasteiger partial charge < -0.3 is 9.84 Å². The normalized spacial score (nSPS) is 10.8. The number of rotatable bonds is 4. The average molecular weight is 317 g/mol. The van der Waals surface area contributed by atoms with Crippen LogP contribution in [0.15, 0.2) is 42.5 Å². The minimum absolute atomic E-state index is 0.181. The minimum atomic E-state index is -0.721. The highest BCUT2D eigenvalue weighted by molar-refractivity contribution is 5.65. The molecular weight excluding hydrogens is 304 g/mol. The van der Waals surface area contributed by atoms with Gasteiger partial charge in [-0.2, -0.15) is 0 Å². The van der Waals surface area contributed by atoms with Gasteiger partial charge in [-0.1, -0.05) is 5.21 Å². The molecule has 1 heterocycles. The van der Waals surface area contributed by atoms with E-state index >= 15 is 0 Å². The number of halogens is 2. The van der Waals surface area contributed by atoms with Crippen molar-refractivity contribution in [3.8, 4) is 22.7 Å². The van der Waals surface area contributed by atoms with Crippen LogP contribution in [0.4, 0.5) is 8.78 Å². The zero-order chi connectivity index (χ0) is 16.4. The first-order valence-electron chi connectivity index (χ1n) is 6.78. The first-order chi connectivity index (χ1) is 11.1. The summed E-state index contributed by atoms with van der Waals surface area (Å²) in [6.07, 6.45) is 0. The lowest BCUT2D eigenvalue weighted by Gasteiger charge is -2.09. The average Bonchev–Trinajstić information content (AvgIpc) is 2.98. The fourth-order valence-corrected chi connectivity index (χ4v) is 2.30. The predicted molar refractivity (Wildman–Crippen MR) is 79.2 cm³/mol. The first-order valence-corrected chi connectivity index (χ1v) is 6.78. The van der Waals surface area contributed by atoms with Crippen molar-refractivity contribution in [1.82, 2.24) is 15.0 Å². The van der Waals surface area contributed by atoms with Crippen LogP contribution in [0.2, 0.25) is 0 Å². The maximum atomic E-state index is 13.5. The third-order valence-electron chi connectivity index (χ3n) is 3.35. The van der Waals surface area contributed by atoms with Crippen molar-refractivity contribution in [3.63, 3.8) is 0 Å². The number of nitrogens with zero attached hydrogens (tertiary/aromatic N) is 3. The molecule has 0 aliphatic rings. The molecule has 0 atom stereocenters. The predicted octanol–water partition coefficient (Wildman–Crippen LogP) is 2.71. The molecule has 0 saturated carbocycles. The van der Waals surface area contributed by atoms with Gasteiger partial charge in [-0.05, 0) is 36.4 Å². The molecule has 0 fully saturated rings. The summed E-state index contributed by atoms with van der Waals surface area (Å²) >= 11 is 0. The van der Waals surface area contributed by atoms with Gasteiger partial charge >= 0.3 is 0 Å². The van der Waals surface area contributed by atoms with Gasteiger partial charge in [0.2, 0.25) is 0 Å². The molecule has 3 rings (SSSR count). The van der Waals surface area contributed by atoms with E-state index in [1.807, 2.05) is 0 Å². The van der Waals surface area contributed by atoms with Gasteiger partial charge in [-0.3, -0.25) is 0 Å². The topological polar surface area (TPSA) is 60.2 Å². The molecule has 118 valence electrons. The van der Waals surface area contributed by atoms with E-state index in [1.165, 1.54) is 4.68 Å². The number of methoxy groups -OCH3 is 1. The van der Waals surface area contributed by atoms with E-state index < -0.39 is 11.6 Å². The van der Waals surface area contributed by atoms with E-state index in [4.69, 9.17) is 4.74 Å². The largest absolute Gasteiger partial charge is 0.497 e. The Morgan fingerprint density at radius 2 is 1.74 bits per heavy atom. The van der Waals surface area contributed by atoms with Gasteiger partial charge in [0.05, 0.1) is 19.4 Å². The lowest BCUT2D eigenvalue weighted by Crippen LogP contribution is -2.02. The summed E-state index contributed by atoms with van der Waals surface area (Å²) in [6.45, 7) is -0.348. The lowest BCUT2D eigenvalue weighted by atomic mass is 10.1. The molecule has 0 radical (unpaired) electrons. The SMILES string of the molecule is COc1ccc(-c2c(CO)nnn2-c2cc(F)cc(F)c2)cc1. The first kappa shape index (κ1) is 15.1. The van der Waals surface area contributed by atoms with Crippen molar-refractivity contribution in [1.29, 1.82) is 0 Å². The molecule has 1 aromatic heterocycles. The number of benzene rings is 2. The standard InChI is InChI=1S/C16H13F2N3O2/c1-23-14-4-2-10(3-5-14)16-15(9-22)19-20-21(16)13-7-11(17)6-12(18)8-13/h2-8,22H,9H2,1H3. The summed E-state index contributed by atoms with van der Waals surface area (Å²) in [5.41, 5.74) is 1.63. The second-order valence-corrected chi connectivity index (χ2v) is 4.81. The molecule has 0 unspecified atom stereocenters.